The Morgan fingerprint density at radius 2 is 1.59 bits per heavy atom. The second-order valence-electron chi connectivity index (χ2n) is 9.40. The maximum Gasteiger partial charge on any atom is 0.249 e. The van der Waals surface area contributed by atoms with Crippen molar-refractivity contribution < 1.29 is 4.79 Å². The summed E-state index contributed by atoms with van der Waals surface area (Å²) in [5.41, 5.74) is 3.28. The third kappa shape index (κ3) is 3.65. The summed E-state index contributed by atoms with van der Waals surface area (Å²) >= 11 is 0. The molecular weight excluding hydrogens is 422 g/mol. The van der Waals surface area contributed by atoms with Gasteiger partial charge in [0.25, 0.3) is 0 Å². The van der Waals surface area contributed by atoms with Crippen molar-refractivity contribution in [2.24, 2.45) is 5.41 Å². The lowest BCUT2D eigenvalue weighted by molar-refractivity contribution is -0.124. The Balaban J connectivity index is 1.46. The van der Waals surface area contributed by atoms with E-state index in [1.807, 2.05) is 80.6 Å². The number of nitriles is 1. The van der Waals surface area contributed by atoms with Crippen molar-refractivity contribution in [2.45, 2.75) is 32.1 Å². The number of carbonyl (C=O) groups is 1. The predicted octanol–water partition coefficient (Wildman–Crippen LogP) is 5.24. The molecule has 0 atom stereocenters. The van der Waals surface area contributed by atoms with Gasteiger partial charge in [0.05, 0.1) is 6.07 Å². The lowest BCUT2D eigenvalue weighted by atomic mass is 9.61. The molecular formula is C28H25N5O. The molecule has 0 spiro atoms. The van der Waals surface area contributed by atoms with Gasteiger partial charge >= 0.3 is 0 Å². The number of aromatic nitrogens is 3. The number of fused-ring (bicyclic) bond motifs is 2. The summed E-state index contributed by atoms with van der Waals surface area (Å²) in [7, 11) is 0. The maximum absolute atomic E-state index is 13.4. The third-order valence-electron chi connectivity index (χ3n) is 6.61. The van der Waals surface area contributed by atoms with Crippen LogP contribution in [0.25, 0.3) is 11.4 Å². The van der Waals surface area contributed by atoms with Crippen LogP contribution in [0.1, 0.15) is 42.5 Å². The summed E-state index contributed by atoms with van der Waals surface area (Å²) in [4.78, 5) is 17.8. The fourth-order valence-electron chi connectivity index (χ4n) is 4.94. The highest BCUT2D eigenvalue weighted by Crippen LogP contribution is 2.48. The second kappa shape index (κ2) is 8.27. The van der Waals surface area contributed by atoms with Crippen molar-refractivity contribution >= 4 is 11.9 Å². The number of hydrogen-bond acceptors (Lipinski definition) is 4. The molecule has 0 aliphatic heterocycles. The Bertz CT molecular complexity index is 1350. The van der Waals surface area contributed by atoms with Gasteiger partial charge in [-0.3, -0.25) is 15.2 Å². The first-order chi connectivity index (χ1) is 16.4. The highest BCUT2D eigenvalue weighted by molar-refractivity contribution is 5.93. The summed E-state index contributed by atoms with van der Waals surface area (Å²) in [6.45, 7) is 3.73. The topological polar surface area (TPSA) is 94.5 Å². The van der Waals surface area contributed by atoms with Gasteiger partial charge in [0.2, 0.25) is 11.9 Å². The molecule has 3 aromatic carbocycles. The zero-order valence-electron chi connectivity index (χ0n) is 19.2. The van der Waals surface area contributed by atoms with Crippen LogP contribution in [0.4, 0.5) is 5.95 Å². The van der Waals surface area contributed by atoms with E-state index in [1.54, 1.807) is 0 Å². The Morgan fingerprint density at radius 1 is 1.00 bits per heavy atom. The highest BCUT2D eigenvalue weighted by atomic mass is 16.2. The Kier molecular flexibility index (Phi) is 5.25. The van der Waals surface area contributed by atoms with E-state index in [1.165, 1.54) is 0 Å². The SMILES string of the molecule is CC(C)(CC1(C#N)c2ccccc2Cc2ccccc21)C(=O)Nc1n[nH]c(-c2ccccc2)n1. The highest BCUT2D eigenvalue weighted by Gasteiger charge is 2.47. The Hall–Kier alpha value is -4.24. The number of benzene rings is 3. The van der Waals surface area contributed by atoms with Gasteiger partial charge in [0.15, 0.2) is 5.82 Å². The van der Waals surface area contributed by atoms with Gasteiger partial charge < -0.3 is 0 Å². The molecule has 168 valence electrons. The number of rotatable bonds is 5. The second-order valence-corrected chi connectivity index (χ2v) is 9.40. The number of aromatic amines is 1. The van der Waals surface area contributed by atoms with Crippen LogP contribution < -0.4 is 5.32 Å². The van der Waals surface area contributed by atoms with E-state index < -0.39 is 10.8 Å². The van der Waals surface area contributed by atoms with Crippen LogP contribution in [0.5, 0.6) is 0 Å². The number of nitrogens with zero attached hydrogens (tertiary/aromatic N) is 3. The van der Waals surface area contributed by atoms with Gasteiger partial charge in [0, 0.05) is 11.0 Å². The molecule has 6 nitrogen and oxygen atoms in total. The first-order valence-electron chi connectivity index (χ1n) is 11.3. The normalized spacial score (nSPS) is 13.9. The van der Waals surface area contributed by atoms with E-state index in [0.717, 1.165) is 34.2 Å². The van der Waals surface area contributed by atoms with Crippen LogP contribution in [0.15, 0.2) is 78.9 Å². The molecule has 6 heteroatoms. The summed E-state index contributed by atoms with van der Waals surface area (Å²) < 4.78 is 0. The molecule has 1 amide bonds. The van der Waals surface area contributed by atoms with E-state index in [4.69, 9.17) is 0 Å². The van der Waals surface area contributed by atoms with Gasteiger partial charge in [-0.05, 0) is 35.1 Å². The molecule has 34 heavy (non-hydrogen) atoms. The molecule has 1 aromatic heterocycles. The monoisotopic (exact) mass is 447 g/mol. The van der Waals surface area contributed by atoms with E-state index in [2.05, 4.69) is 38.7 Å². The van der Waals surface area contributed by atoms with Crippen LogP contribution in [0.2, 0.25) is 0 Å². The van der Waals surface area contributed by atoms with Crippen LogP contribution >= 0.6 is 0 Å². The zero-order valence-corrected chi connectivity index (χ0v) is 19.2. The van der Waals surface area contributed by atoms with Gasteiger partial charge in [-0.2, -0.15) is 10.2 Å². The largest absolute Gasteiger partial charge is 0.293 e. The third-order valence-corrected chi connectivity index (χ3v) is 6.61. The van der Waals surface area contributed by atoms with Gasteiger partial charge in [-0.25, -0.2) is 0 Å². The molecule has 0 saturated heterocycles. The molecule has 2 N–H and O–H groups in total. The fourth-order valence-corrected chi connectivity index (χ4v) is 4.94. The molecule has 0 saturated carbocycles. The van der Waals surface area contributed by atoms with Gasteiger partial charge in [0.1, 0.15) is 5.41 Å². The molecule has 1 aliphatic carbocycles. The Morgan fingerprint density at radius 3 is 2.21 bits per heavy atom. The summed E-state index contributed by atoms with van der Waals surface area (Å²) in [5.74, 6) is 0.561. The molecule has 4 aromatic rings. The first-order valence-corrected chi connectivity index (χ1v) is 11.3. The van der Waals surface area contributed by atoms with Crippen molar-refractivity contribution in [1.29, 1.82) is 5.26 Å². The first kappa shape index (κ1) is 21.6. The maximum atomic E-state index is 13.4. The van der Waals surface area contributed by atoms with Crippen LogP contribution in [0.3, 0.4) is 0 Å². The smallest absolute Gasteiger partial charge is 0.249 e. The van der Waals surface area contributed by atoms with Crippen LogP contribution in [-0.4, -0.2) is 21.1 Å². The fraction of sp³-hybridized carbons (Fsp3) is 0.214. The van der Waals surface area contributed by atoms with Crippen LogP contribution in [-0.2, 0) is 16.6 Å². The number of nitrogens with one attached hydrogen (secondary N) is 2. The lowest BCUT2D eigenvalue weighted by Crippen LogP contribution is -2.41. The number of H-pyrrole nitrogens is 1. The van der Waals surface area contributed by atoms with Gasteiger partial charge in [-0.15, -0.1) is 5.10 Å². The molecule has 5 rings (SSSR count). The molecule has 0 unspecified atom stereocenters. The minimum Gasteiger partial charge on any atom is -0.293 e. The van der Waals surface area contributed by atoms with Crippen molar-refractivity contribution in [3.05, 3.63) is 101 Å². The average molecular weight is 448 g/mol. The number of anilines is 1. The quantitative estimate of drug-likeness (QED) is 0.437. The molecule has 0 bridgehead atoms. The van der Waals surface area contributed by atoms with E-state index in [9.17, 15) is 10.1 Å². The zero-order chi connectivity index (χ0) is 23.8. The van der Waals surface area contributed by atoms with E-state index >= 15 is 0 Å². The van der Waals surface area contributed by atoms with E-state index in [-0.39, 0.29) is 11.9 Å². The minimum absolute atomic E-state index is 0.215. The average Bonchev–Trinajstić information content (AvgIpc) is 3.33. The summed E-state index contributed by atoms with van der Waals surface area (Å²) in [6, 6.07) is 28.3. The predicted molar refractivity (Wildman–Crippen MR) is 131 cm³/mol. The van der Waals surface area contributed by atoms with E-state index in [0.29, 0.717) is 12.2 Å². The standard InChI is InChI=1S/C28H25N5O/c1-27(2,25(34)31-26-30-24(32-33-26)19-10-4-3-5-11-19)17-28(18-29)22-14-8-6-12-20(22)16-21-13-7-9-15-23(21)28/h3-15H,16-17H2,1-2H3,(H2,30,31,32,33,34). The van der Waals surface area contributed by atoms with Crippen molar-refractivity contribution in [1.82, 2.24) is 15.2 Å². The lowest BCUT2D eigenvalue weighted by Gasteiger charge is -2.40. The van der Waals surface area contributed by atoms with Gasteiger partial charge in [-0.1, -0.05) is 92.7 Å². The molecule has 0 radical (unpaired) electrons. The minimum atomic E-state index is -0.930. The number of amides is 1. The molecule has 0 fully saturated rings. The van der Waals surface area contributed by atoms with Crippen molar-refractivity contribution in [3.8, 4) is 17.5 Å². The summed E-state index contributed by atoms with van der Waals surface area (Å²) in [5, 5.41) is 20.5. The van der Waals surface area contributed by atoms with Crippen molar-refractivity contribution in [3.63, 3.8) is 0 Å². The Labute approximate surface area is 198 Å². The summed E-state index contributed by atoms with van der Waals surface area (Å²) in [6.07, 6.45) is 1.11. The van der Waals surface area contributed by atoms with Crippen molar-refractivity contribution in [2.75, 3.05) is 5.32 Å². The number of hydrogen-bond donors (Lipinski definition) is 2. The number of carbonyl (C=O) groups excluding carboxylic acids is 1. The molecule has 1 heterocycles. The molecule has 1 aliphatic rings. The van der Waals surface area contributed by atoms with Crippen LogP contribution in [0, 0.1) is 16.7 Å².